The molecule has 2 aromatic rings. The predicted octanol–water partition coefficient (Wildman–Crippen LogP) is 6.44. The summed E-state index contributed by atoms with van der Waals surface area (Å²) in [7, 11) is 1.41. The summed E-state index contributed by atoms with van der Waals surface area (Å²) in [6, 6.07) is 10.3. The molecule has 0 saturated heterocycles. The number of halogens is 4. The summed E-state index contributed by atoms with van der Waals surface area (Å²) >= 11 is 5.89. The van der Waals surface area contributed by atoms with Crippen LogP contribution < -0.4 is 10.6 Å². The maximum absolute atomic E-state index is 13.2. The van der Waals surface area contributed by atoms with Crippen molar-refractivity contribution >= 4 is 29.1 Å². The molecule has 8 heteroatoms. The van der Waals surface area contributed by atoms with Gasteiger partial charge in [0.1, 0.15) is 0 Å². The third-order valence-corrected chi connectivity index (χ3v) is 7.09. The van der Waals surface area contributed by atoms with Crippen LogP contribution in [0.1, 0.15) is 61.0 Å². The molecule has 0 aromatic heterocycles. The van der Waals surface area contributed by atoms with Gasteiger partial charge in [-0.3, -0.25) is 9.59 Å². The van der Waals surface area contributed by atoms with E-state index < -0.39 is 23.1 Å². The van der Waals surface area contributed by atoms with E-state index in [1.165, 1.54) is 13.1 Å². The van der Waals surface area contributed by atoms with Crippen molar-refractivity contribution in [2.45, 2.75) is 51.1 Å². The fraction of sp³-hybridized carbons (Fsp3) is 0.440. The molecular weight excluding hydrogens is 453 g/mol. The Balaban J connectivity index is 1.74. The minimum atomic E-state index is -4.52. The van der Waals surface area contributed by atoms with Gasteiger partial charge in [0.05, 0.1) is 5.56 Å². The summed E-state index contributed by atoms with van der Waals surface area (Å²) in [5.74, 6) is -0.693. The first-order valence-electron chi connectivity index (χ1n) is 10.9. The van der Waals surface area contributed by atoms with Crippen LogP contribution in [-0.4, -0.2) is 18.9 Å². The molecule has 1 fully saturated rings. The molecule has 2 N–H and O–H groups in total. The lowest BCUT2D eigenvalue weighted by atomic mass is 9.64. The number of carbonyl (C=O) groups is 2. The first-order chi connectivity index (χ1) is 15.4. The van der Waals surface area contributed by atoms with Gasteiger partial charge in [-0.25, -0.2) is 0 Å². The molecule has 178 valence electrons. The fourth-order valence-electron chi connectivity index (χ4n) is 4.62. The normalized spacial score (nSPS) is 21.8. The van der Waals surface area contributed by atoms with Crippen molar-refractivity contribution in [3.8, 4) is 0 Å². The molecule has 1 aliphatic carbocycles. The van der Waals surface area contributed by atoms with E-state index >= 15 is 0 Å². The van der Waals surface area contributed by atoms with E-state index in [4.69, 9.17) is 11.6 Å². The van der Waals surface area contributed by atoms with Crippen molar-refractivity contribution in [3.63, 3.8) is 0 Å². The number of hydrogen-bond acceptors (Lipinski definition) is 2. The van der Waals surface area contributed by atoms with Gasteiger partial charge >= 0.3 is 6.18 Å². The molecular formula is C25H28ClF3N2O2. The average Bonchev–Trinajstić information content (AvgIpc) is 2.79. The second kappa shape index (κ2) is 9.75. The minimum Gasteiger partial charge on any atom is -0.355 e. The van der Waals surface area contributed by atoms with E-state index in [9.17, 15) is 22.8 Å². The molecule has 2 amide bonds. The van der Waals surface area contributed by atoms with Crippen molar-refractivity contribution in [3.05, 3.63) is 64.2 Å². The van der Waals surface area contributed by atoms with Gasteiger partial charge in [-0.2, -0.15) is 13.2 Å². The zero-order valence-electron chi connectivity index (χ0n) is 18.9. The molecule has 3 rings (SSSR count). The van der Waals surface area contributed by atoms with Crippen molar-refractivity contribution in [1.29, 1.82) is 0 Å². The Kier molecular flexibility index (Phi) is 7.42. The highest BCUT2D eigenvalue weighted by Crippen LogP contribution is 2.45. The van der Waals surface area contributed by atoms with Crippen molar-refractivity contribution in [2.75, 3.05) is 12.4 Å². The quantitative estimate of drug-likeness (QED) is 0.517. The molecule has 0 heterocycles. The number of amides is 2. The van der Waals surface area contributed by atoms with Gasteiger partial charge in [-0.05, 0) is 79.0 Å². The van der Waals surface area contributed by atoms with Crippen LogP contribution >= 0.6 is 11.6 Å². The highest BCUT2D eigenvalue weighted by atomic mass is 35.5. The van der Waals surface area contributed by atoms with E-state index in [1.54, 1.807) is 24.3 Å². The monoisotopic (exact) mass is 480 g/mol. The summed E-state index contributed by atoms with van der Waals surface area (Å²) in [6.45, 7) is 3.88. The first kappa shape index (κ1) is 25.1. The van der Waals surface area contributed by atoms with Crippen molar-refractivity contribution < 1.29 is 22.8 Å². The van der Waals surface area contributed by atoms with E-state index in [0.717, 1.165) is 25.0 Å². The topological polar surface area (TPSA) is 58.2 Å². The molecule has 2 aromatic carbocycles. The van der Waals surface area contributed by atoms with Gasteiger partial charge in [0.25, 0.3) is 5.91 Å². The number of hydrogen-bond donors (Lipinski definition) is 2. The van der Waals surface area contributed by atoms with Gasteiger partial charge in [0.2, 0.25) is 5.91 Å². The Bertz CT molecular complexity index is 1010. The van der Waals surface area contributed by atoms with Crippen LogP contribution in [0.3, 0.4) is 0 Å². The molecule has 33 heavy (non-hydrogen) atoms. The Morgan fingerprint density at radius 1 is 1.09 bits per heavy atom. The number of anilines is 1. The predicted molar refractivity (Wildman–Crippen MR) is 123 cm³/mol. The lowest BCUT2D eigenvalue weighted by Crippen LogP contribution is -2.36. The van der Waals surface area contributed by atoms with Gasteiger partial charge in [0.15, 0.2) is 0 Å². The molecule has 4 nitrogen and oxygen atoms in total. The maximum Gasteiger partial charge on any atom is 0.416 e. The zero-order valence-corrected chi connectivity index (χ0v) is 19.6. The second-order valence-corrected chi connectivity index (χ2v) is 9.46. The highest BCUT2D eigenvalue weighted by molar-refractivity contribution is 6.30. The van der Waals surface area contributed by atoms with Crippen LogP contribution in [0, 0.1) is 11.8 Å². The SMILES string of the molecule is CNC(=O)c1cc(C(F)(F)F)ccc1[C@]1(C)CC[C@H]([C@H](C)C(=O)Nc2ccc(Cl)cc2)CC1. The summed E-state index contributed by atoms with van der Waals surface area (Å²) in [5, 5.41) is 5.96. The summed E-state index contributed by atoms with van der Waals surface area (Å²) in [4.78, 5) is 25.2. The van der Waals surface area contributed by atoms with E-state index in [2.05, 4.69) is 10.6 Å². The summed E-state index contributed by atoms with van der Waals surface area (Å²) in [6.07, 6.45) is -1.70. The molecule has 0 spiro atoms. The number of alkyl halides is 3. The molecule has 0 unspecified atom stereocenters. The summed E-state index contributed by atoms with van der Waals surface area (Å²) in [5.41, 5.74) is 0.0642. The molecule has 1 aliphatic rings. The molecule has 0 aliphatic heterocycles. The van der Waals surface area contributed by atoms with Crippen LogP contribution in [0.4, 0.5) is 18.9 Å². The number of rotatable bonds is 5. The highest BCUT2D eigenvalue weighted by Gasteiger charge is 2.39. The lowest BCUT2D eigenvalue weighted by molar-refractivity contribution is -0.137. The number of benzene rings is 2. The smallest absolute Gasteiger partial charge is 0.355 e. The molecule has 1 saturated carbocycles. The fourth-order valence-corrected chi connectivity index (χ4v) is 4.75. The molecule has 0 bridgehead atoms. The van der Waals surface area contributed by atoms with Crippen LogP contribution in [0.5, 0.6) is 0 Å². The Morgan fingerprint density at radius 2 is 1.70 bits per heavy atom. The lowest BCUT2D eigenvalue weighted by Gasteiger charge is -2.40. The van der Waals surface area contributed by atoms with Gasteiger partial charge in [-0.1, -0.05) is 31.5 Å². The number of nitrogens with one attached hydrogen (secondary N) is 2. The number of carbonyl (C=O) groups excluding carboxylic acids is 2. The largest absolute Gasteiger partial charge is 0.416 e. The van der Waals surface area contributed by atoms with E-state index in [-0.39, 0.29) is 23.3 Å². The minimum absolute atomic E-state index is 0.0572. The standard InChI is InChI=1S/C25H28ClF3N2O2/c1-15(22(32)31-19-7-5-18(26)6-8-19)16-10-12-24(2,13-11-16)21-9-4-17(25(27,28)29)14-20(21)23(33)30-3/h4-9,14-16H,10-13H2,1-3H3,(H,30,33)(H,31,32)/t15-,16-,24+/m0/s1. The third-order valence-electron chi connectivity index (χ3n) is 6.84. The summed E-state index contributed by atoms with van der Waals surface area (Å²) < 4.78 is 39.7. The van der Waals surface area contributed by atoms with Crippen LogP contribution in [0.15, 0.2) is 42.5 Å². The third kappa shape index (κ3) is 5.69. The van der Waals surface area contributed by atoms with E-state index in [0.29, 0.717) is 29.1 Å². The van der Waals surface area contributed by atoms with Crippen molar-refractivity contribution in [2.24, 2.45) is 11.8 Å². The van der Waals surface area contributed by atoms with Crippen LogP contribution in [-0.2, 0) is 16.4 Å². The maximum atomic E-state index is 13.2. The Hall–Kier alpha value is -2.54. The van der Waals surface area contributed by atoms with Gasteiger partial charge in [-0.15, -0.1) is 0 Å². The molecule has 0 radical (unpaired) electrons. The van der Waals surface area contributed by atoms with Crippen LogP contribution in [0.25, 0.3) is 0 Å². The second-order valence-electron chi connectivity index (χ2n) is 9.02. The van der Waals surface area contributed by atoms with E-state index in [1.807, 2.05) is 13.8 Å². The van der Waals surface area contributed by atoms with Crippen LogP contribution in [0.2, 0.25) is 5.02 Å². The van der Waals surface area contributed by atoms with Gasteiger partial charge < -0.3 is 10.6 Å². The average molecular weight is 481 g/mol. The van der Waals surface area contributed by atoms with Gasteiger partial charge in [0, 0.05) is 29.2 Å². The first-order valence-corrected chi connectivity index (χ1v) is 11.3. The molecule has 1 atom stereocenters. The zero-order chi connectivity index (χ0) is 24.4. The van der Waals surface area contributed by atoms with Crippen molar-refractivity contribution in [1.82, 2.24) is 5.32 Å². The Labute approximate surface area is 196 Å². The Morgan fingerprint density at radius 3 is 2.24 bits per heavy atom.